The van der Waals surface area contributed by atoms with Crippen molar-refractivity contribution in [3.63, 3.8) is 0 Å². The smallest absolute Gasteiger partial charge is 0.321 e. The molecule has 0 bridgehead atoms. The number of rotatable bonds is 6. The number of piperidine rings is 1. The van der Waals surface area contributed by atoms with Crippen LogP contribution in [0.5, 0.6) is 11.9 Å². The first-order chi connectivity index (χ1) is 12.6. The molecule has 0 unspecified atom stereocenters. The summed E-state index contributed by atoms with van der Waals surface area (Å²) in [5, 5.41) is 6.86. The second-order valence-electron chi connectivity index (χ2n) is 5.99. The van der Waals surface area contributed by atoms with E-state index in [0.717, 1.165) is 25.9 Å². The molecule has 0 spiro atoms. The van der Waals surface area contributed by atoms with Crippen LogP contribution in [-0.2, 0) is 13.6 Å². The van der Waals surface area contributed by atoms with E-state index in [-0.39, 0.29) is 24.3 Å². The van der Waals surface area contributed by atoms with Crippen LogP contribution in [0.2, 0.25) is 0 Å². The van der Waals surface area contributed by atoms with E-state index < -0.39 is 0 Å². The Hall–Kier alpha value is -2.91. The number of aromatic nitrogens is 5. The molecule has 0 aliphatic carbocycles. The quantitative estimate of drug-likeness (QED) is 0.794. The van der Waals surface area contributed by atoms with Crippen LogP contribution in [0.15, 0.2) is 6.20 Å². The number of ether oxygens (including phenoxy) is 2. The average Bonchev–Trinajstić information content (AvgIpc) is 3.07. The highest BCUT2D eigenvalue weighted by Crippen LogP contribution is 2.18. The van der Waals surface area contributed by atoms with Crippen LogP contribution in [0.25, 0.3) is 0 Å². The molecule has 10 nitrogen and oxygen atoms in total. The zero-order valence-corrected chi connectivity index (χ0v) is 15.2. The molecule has 2 aromatic heterocycles. The summed E-state index contributed by atoms with van der Waals surface area (Å²) in [6, 6.07) is 0.240. The highest BCUT2D eigenvalue weighted by molar-refractivity contribution is 5.96. The van der Waals surface area contributed by atoms with E-state index in [4.69, 9.17) is 9.47 Å². The van der Waals surface area contributed by atoms with Crippen molar-refractivity contribution in [3.05, 3.63) is 17.6 Å². The predicted molar refractivity (Wildman–Crippen MR) is 93.4 cm³/mol. The van der Waals surface area contributed by atoms with Gasteiger partial charge >= 0.3 is 6.01 Å². The molecule has 1 aliphatic heterocycles. The van der Waals surface area contributed by atoms with Gasteiger partial charge in [-0.25, -0.2) is 0 Å². The number of nitrogens with zero attached hydrogens (tertiary/aromatic N) is 6. The fraction of sp³-hybridized carbons (Fsp3) is 0.562. The number of anilines is 1. The van der Waals surface area contributed by atoms with Gasteiger partial charge in [0.1, 0.15) is 5.56 Å². The SMILES string of the molecule is COc1nc(CNC(=O)c2cn(C)nc2OC)nc(N2CCCCC2)n1. The van der Waals surface area contributed by atoms with E-state index in [1.165, 1.54) is 25.3 Å². The Morgan fingerprint density at radius 1 is 1.15 bits per heavy atom. The van der Waals surface area contributed by atoms with E-state index in [2.05, 4.69) is 30.3 Å². The molecule has 1 saturated heterocycles. The summed E-state index contributed by atoms with van der Waals surface area (Å²) in [6.07, 6.45) is 5.04. The van der Waals surface area contributed by atoms with Gasteiger partial charge in [0, 0.05) is 26.3 Å². The third-order valence-corrected chi connectivity index (χ3v) is 4.11. The third-order valence-electron chi connectivity index (χ3n) is 4.11. The average molecular weight is 361 g/mol. The second-order valence-corrected chi connectivity index (χ2v) is 5.99. The van der Waals surface area contributed by atoms with E-state index in [1.54, 1.807) is 13.2 Å². The fourth-order valence-corrected chi connectivity index (χ4v) is 2.82. The number of carbonyl (C=O) groups excluding carboxylic acids is 1. The van der Waals surface area contributed by atoms with Gasteiger partial charge in [-0.1, -0.05) is 0 Å². The lowest BCUT2D eigenvalue weighted by molar-refractivity contribution is 0.0946. The van der Waals surface area contributed by atoms with E-state index in [9.17, 15) is 4.79 Å². The minimum absolute atomic E-state index is 0.149. The lowest BCUT2D eigenvalue weighted by Crippen LogP contribution is -2.32. The summed E-state index contributed by atoms with van der Waals surface area (Å²) < 4.78 is 11.8. The van der Waals surface area contributed by atoms with Crippen molar-refractivity contribution in [2.75, 3.05) is 32.2 Å². The van der Waals surface area contributed by atoms with Gasteiger partial charge in [0.05, 0.1) is 20.8 Å². The lowest BCUT2D eigenvalue weighted by Gasteiger charge is -2.26. The number of hydrogen-bond acceptors (Lipinski definition) is 8. The molecule has 10 heteroatoms. The molecule has 140 valence electrons. The molecule has 0 radical (unpaired) electrons. The van der Waals surface area contributed by atoms with Crippen LogP contribution >= 0.6 is 0 Å². The Bertz CT molecular complexity index is 771. The van der Waals surface area contributed by atoms with Crippen molar-refractivity contribution < 1.29 is 14.3 Å². The van der Waals surface area contributed by atoms with Crippen molar-refractivity contribution in [2.24, 2.45) is 7.05 Å². The highest BCUT2D eigenvalue weighted by Gasteiger charge is 2.19. The summed E-state index contributed by atoms with van der Waals surface area (Å²) in [4.78, 5) is 27.5. The van der Waals surface area contributed by atoms with Gasteiger partial charge in [-0.15, -0.1) is 5.10 Å². The van der Waals surface area contributed by atoms with Crippen LogP contribution in [0.3, 0.4) is 0 Å². The van der Waals surface area contributed by atoms with Crippen LogP contribution in [0.4, 0.5) is 5.95 Å². The monoisotopic (exact) mass is 361 g/mol. The van der Waals surface area contributed by atoms with Crippen molar-refractivity contribution in [2.45, 2.75) is 25.8 Å². The molecule has 3 rings (SSSR count). The molecule has 1 amide bonds. The van der Waals surface area contributed by atoms with Gasteiger partial charge in [-0.05, 0) is 19.3 Å². The molecule has 26 heavy (non-hydrogen) atoms. The van der Waals surface area contributed by atoms with Crippen LogP contribution in [0.1, 0.15) is 35.4 Å². The molecule has 3 heterocycles. The summed E-state index contributed by atoms with van der Waals surface area (Å²) in [7, 11) is 4.71. The number of carbonyl (C=O) groups is 1. The van der Waals surface area contributed by atoms with Crippen LogP contribution < -0.4 is 19.7 Å². The Labute approximate surface area is 151 Å². The maximum atomic E-state index is 12.4. The van der Waals surface area contributed by atoms with Gasteiger partial charge < -0.3 is 19.7 Å². The highest BCUT2D eigenvalue weighted by atomic mass is 16.5. The summed E-state index contributed by atoms with van der Waals surface area (Å²) >= 11 is 0. The fourth-order valence-electron chi connectivity index (χ4n) is 2.82. The predicted octanol–water partition coefficient (Wildman–Crippen LogP) is 0.543. The first kappa shape index (κ1) is 17.9. The summed E-state index contributed by atoms with van der Waals surface area (Å²) in [5.74, 6) is 0.981. The summed E-state index contributed by atoms with van der Waals surface area (Å²) in [6.45, 7) is 1.97. The number of hydrogen-bond donors (Lipinski definition) is 1. The van der Waals surface area contributed by atoms with E-state index >= 15 is 0 Å². The van der Waals surface area contributed by atoms with Gasteiger partial charge in [0.2, 0.25) is 11.8 Å². The zero-order chi connectivity index (χ0) is 18.5. The topological polar surface area (TPSA) is 107 Å². The molecular weight excluding hydrogens is 338 g/mol. The van der Waals surface area contributed by atoms with E-state index in [0.29, 0.717) is 17.3 Å². The molecule has 1 N–H and O–H groups in total. The maximum Gasteiger partial charge on any atom is 0.321 e. The Balaban J connectivity index is 1.73. The molecule has 1 fully saturated rings. The Morgan fingerprint density at radius 2 is 1.92 bits per heavy atom. The van der Waals surface area contributed by atoms with Crippen LogP contribution in [0, 0.1) is 0 Å². The zero-order valence-electron chi connectivity index (χ0n) is 15.2. The van der Waals surface area contributed by atoms with Gasteiger partial charge in [0.25, 0.3) is 5.91 Å². The first-order valence-corrected chi connectivity index (χ1v) is 8.50. The molecule has 0 atom stereocenters. The number of aryl methyl sites for hydroxylation is 1. The number of methoxy groups -OCH3 is 2. The molecular formula is C16H23N7O3. The molecule has 0 aromatic carbocycles. The normalized spacial score (nSPS) is 14.2. The van der Waals surface area contributed by atoms with Gasteiger partial charge in [-0.2, -0.15) is 15.0 Å². The summed E-state index contributed by atoms with van der Waals surface area (Å²) in [5.41, 5.74) is 0.354. The Kier molecular flexibility index (Phi) is 5.49. The number of nitrogens with one attached hydrogen (secondary N) is 1. The van der Waals surface area contributed by atoms with Crippen molar-refractivity contribution in [1.82, 2.24) is 30.0 Å². The van der Waals surface area contributed by atoms with Gasteiger partial charge in [-0.3, -0.25) is 9.48 Å². The largest absolute Gasteiger partial charge is 0.479 e. The second kappa shape index (κ2) is 7.98. The minimum Gasteiger partial charge on any atom is -0.479 e. The van der Waals surface area contributed by atoms with Gasteiger partial charge in [0.15, 0.2) is 5.82 Å². The maximum absolute atomic E-state index is 12.4. The first-order valence-electron chi connectivity index (χ1n) is 8.50. The molecule has 2 aromatic rings. The lowest BCUT2D eigenvalue weighted by atomic mass is 10.1. The van der Waals surface area contributed by atoms with Crippen molar-refractivity contribution in [1.29, 1.82) is 0 Å². The number of amides is 1. The van der Waals surface area contributed by atoms with Crippen molar-refractivity contribution in [3.8, 4) is 11.9 Å². The van der Waals surface area contributed by atoms with E-state index in [1.807, 2.05) is 0 Å². The van der Waals surface area contributed by atoms with Crippen LogP contribution in [-0.4, -0.2) is 57.9 Å². The third kappa shape index (κ3) is 4.01. The van der Waals surface area contributed by atoms with Crippen molar-refractivity contribution >= 4 is 11.9 Å². The standard InChI is InChI=1S/C16H23N7O3/c1-22-10-11(14(21-22)25-2)13(24)17-9-12-18-15(20-16(19-12)26-3)23-7-5-4-6-8-23/h10H,4-9H2,1-3H3,(H,17,24). The Morgan fingerprint density at radius 3 is 2.62 bits per heavy atom. The molecule has 0 saturated carbocycles. The minimum atomic E-state index is -0.311. The molecule has 1 aliphatic rings.